The van der Waals surface area contributed by atoms with Crippen LogP contribution in [0.15, 0.2) is 42.7 Å². The van der Waals surface area contributed by atoms with Crippen molar-refractivity contribution in [3.05, 3.63) is 71.2 Å². The summed E-state index contributed by atoms with van der Waals surface area (Å²) in [6.07, 6.45) is 5.01. The zero-order valence-electron chi connectivity index (χ0n) is 20.5. The van der Waals surface area contributed by atoms with E-state index in [1.165, 1.54) is 12.1 Å². The van der Waals surface area contributed by atoms with Crippen LogP contribution in [0.25, 0.3) is 11.3 Å². The van der Waals surface area contributed by atoms with Crippen LogP contribution in [0.4, 0.5) is 20.2 Å². The normalized spacial score (nSPS) is 20.8. The third kappa shape index (κ3) is 4.92. The Hall–Kier alpha value is -3.47. The molecule has 0 aliphatic carbocycles. The second-order valence-electron chi connectivity index (χ2n) is 9.81. The van der Waals surface area contributed by atoms with Crippen molar-refractivity contribution in [1.82, 2.24) is 9.97 Å². The molecule has 0 amide bonds. The zero-order valence-corrected chi connectivity index (χ0v) is 20.5. The molecule has 0 bridgehead atoms. The number of aromatic nitrogens is 2. The molecule has 0 saturated carbocycles. The van der Waals surface area contributed by atoms with E-state index in [0.717, 1.165) is 17.4 Å². The molecule has 0 radical (unpaired) electrons. The van der Waals surface area contributed by atoms with E-state index < -0.39 is 17.2 Å². The van der Waals surface area contributed by atoms with Gasteiger partial charge in [0, 0.05) is 37.9 Å². The van der Waals surface area contributed by atoms with Gasteiger partial charge >= 0.3 is 0 Å². The lowest BCUT2D eigenvalue weighted by molar-refractivity contribution is -0.184. The van der Waals surface area contributed by atoms with Crippen molar-refractivity contribution in [2.75, 3.05) is 43.6 Å². The van der Waals surface area contributed by atoms with Gasteiger partial charge < -0.3 is 25.8 Å². The summed E-state index contributed by atoms with van der Waals surface area (Å²) in [4.78, 5) is 21.8. The van der Waals surface area contributed by atoms with Gasteiger partial charge in [0.1, 0.15) is 28.6 Å². The zero-order chi connectivity index (χ0) is 26.2. The number of aldehydes is 1. The van der Waals surface area contributed by atoms with Gasteiger partial charge in [0.15, 0.2) is 6.29 Å². The molecule has 4 heterocycles. The quantitative estimate of drug-likeness (QED) is 0.417. The SMILES string of the molecule is CNc1cnccc1N1CC(N)C[C@@H](Cc2cc(C3(O)COC3)cc(F)c2-c2nc(C=O)ccc2F)C1. The van der Waals surface area contributed by atoms with E-state index in [0.29, 0.717) is 43.3 Å². The van der Waals surface area contributed by atoms with E-state index in [9.17, 15) is 14.3 Å². The molecule has 4 N–H and O–H groups in total. The van der Waals surface area contributed by atoms with Crippen molar-refractivity contribution in [2.45, 2.75) is 24.5 Å². The Kier molecular flexibility index (Phi) is 6.89. The lowest BCUT2D eigenvalue weighted by Crippen LogP contribution is -2.48. The highest BCUT2D eigenvalue weighted by Crippen LogP contribution is 2.38. The first-order valence-corrected chi connectivity index (χ1v) is 12.2. The Balaban J connectivity index is 1.55. The van der Waals surface area contributed by atoms with Crippen molar-refractivity contribution in [3.8, 4) is 11.3 Å². The van der Waals surface area contributed by atoms with Crippen LogP contribution >= 0.6 is 0 Å². The van der Waals surface area contributed by atoms with Crippen LogP contribution < -0.4 is 16.0 Å². The number of halogens is 2. The Morgan fingerprint density at radius 2 is 2.05 bits per heavy atom. The highest BCUT2D eigenvalue weighted by Gasteiger charge is 2.39. The standard InChI is InChI=1S/C27H29F2N5O3/c1-31-23-10-32-5-4-24(23)34-11-16(7-19(30)12-34)6-17-8-18(27(36)14-37-15-27)9-22(29)25(17)26-21(28)3-2-20(13-35)33-26/h2-5,8-10,13,16,19,31,36H,6-7,11-12,14-15,30H2,1H3/t16-,19?/m1/s1. The molecular formula is C27H29F2N5O3. The minimum Gasteiger partial charge on any atom is -0.385 e. The molecule has 5 rings (SSSR count). The summed E-state index contributed by atoms with van der Waals surface area (Å²) in [7, 11) is 1.83. The van der Waals surface area contributed by atoms with Crippen LogP contribution in [0.2, 0.25) is 0 Å². The molecule has 0 spiro atoms. The highest BCUT2D eigenvalue weighted by molar-refractivity contribution is 5.75. The molecule has 2 saturated heterocycles. The Morgan fingerprint density at radius 1 is 1.24 bits per heavy atom. The first-order valence-electron chi connectivity index (χ1n) is 12.2. The number of piperidine rings is 1. The Morgan fingerprint density at radius 3 is 2.76 bits per heavy atom. The first-order chi connectivity index (χ1) is 17.8. The topological polar surface area (TPSA) is 114 Å². The molecule has 2 aliphatic rings. The summed E-state index contributed by atoms with van der Waals surface area (Å²) in [5.41, 5.74) is 7.59. The average molecular weight is 510 g/mol. The summed E-state index contributed by atoms with van der Waals surface area (Å²) >= 11 is 0. The summed E-state index contributed by atoms with van der Waals surface area (Å²) in [6, 6.07) is 7.04. The van der Waals surface area contributed by atoms with Gasteiger partial charge in [0.25, 0.3) is 0 Å². The van der Waals surface area contributed by atoms with Crippen molar-refractivity contribution >= 4 is 17.7 Å². The highest BCUT2D eigenvalue weighted by atomic mass is 19.1. The summed E-state index contributed by atoms with van der Waals surface area (Å²) < 4.78 is 35.8. The molecule has 8 nitrogen and oxygen atoms in total. The third-order valence-corrected chi connectivity index (χ3v) is 7.10. The molecule has 10 heteroatoms. The number of hydrogen-bond donors (Lipinski definition) is 3. The predicted octanol–water partition coefficient (Wildman–Crippen LogP) is 2.89. The van der Waals surface area contributed by atoms with Gasteiger partial charge in [-0.05, 0) is 54.2 Å². The monoisotopic (exact) mass is 509 g/mol. The van der Waals surface area contributed by atoms with Crippen LogP contribution in [0.3, 0.4) is 0 Å². The van der Waals surface area contributed by atoms with Gasteiger partial charge in [-0.25, -0.2) is 13.8 Å². The number of ether oxygens (including phenoxy) is 1. The number of benzene rings is 1. The fourth-order valence-corrected chi connectivity index (χ4v) is 5.28. The van der Waals surface area contributed by atoms with Crippen LogP contribution in [-0.4, -0.2) is 60.8 Å². The maximum atomic E-state index is 15.7. The largest absolute Gasteiger partial charge is 0.385 e. The average Bonchev–Trinajstić information content (AvgIpc) is 2.87. The molecule has 2 aromatic heterocycles. The second kappa shape index (κ2) is 10.1. The Labute approximate surface area is 213 Å². The molecule has 1 unspecified atom stereocenters. The van der Waals surface area contributed by atoms with Crippen LogP contribution in [0.5, 0.6) is 0 Å². The van der Waals surface area contributed by atoms with E-state index in [4.69, 9.17) is 10.5 Å². The number of nitrogens with two attached hydrogens (primary N) is 1. The van der Waals surface area contributed by atoms with Gasteiger partial charge in [-0.3, -0.25) is 9.78 Å². The van der Waals surface area contributed by atoms with Crippen LogP contribution in [0, 0.1) is 17.6 Å². The molecule has 2 fully saturated rings. The van der Waals surface area contributed by atoms with Crippen molar-refractivity contribution in [2.24, 2.45) is 11.7 Å². The second-order valence-corrected chi connectivity index (χ2v) is 9.81. The molecule has 1 aromatic carbocycles. The molecule has 2 aliphatic heterocycles. The predicted molar refractivity (Wildman–Crippen MR) is 135 cm³/mol. The van der Waals surface area contributed by atoms with Crippen LogP contribution in [-0.2, 0) is 16.8 Å². The lowest BCUT2D eigenvalue weighted by Gasteiger charge is -2.39. The van der Waals surface area contributed by atoms with Gasteiger partial charge in [0.05, 0.1) is 30.8 Å². The summed E-state index contributed by atoms with van der Waals surface area (Å²) in [6.45, 7) is 1.38. The third-order valence-electron chi connectivity index (χ3n) is 7.10. The first kappa shape index (κ1) is 25.2. The van der Waals surface area contributed by atoms with Crippen molar-refractivity contribution in [1.29, 1.82) is 0 Å². The summed E-state index contributed by atoms with van der Waals surface area (Å²) in [5.74, 6) is -1.45. The summed E-state index contributed by atoms with van der Waals surface area (Å²) in [5, 5.41) is 14.0. The molecule has 37 heavy (non-hydrogen) atoms. The number of anilines is 2. The number of aliphatic hydroxyl groups is 1. The van der Waals surface area contributed by atoms with E-state index in [-0.39, 0.29) is 42.1 Å². The van der Waals surface area contributed by atoms with E-state index >= 15 is 4.39 Å². The maximum absolute atomic E-state index is 15.7. The van der Waals surface area contributed by atoms with Crippen molar-refractivity contribution < 1.29 is 23.4 Å². The molecule has 194 valence electrons. The van der Waals surface area contributed by atoms with Gasteiger partial charge in [-0.1, -0.05) is 6.07 Å². The molecule has 2 atom stereocenters. The number of carbonyl (C=O) groups excluding carboxylic acids is 1. The van der Waals surface area contributed by atoms with Gasteiger partial charge in [-0.2, -0.15) is 0 Å². The van der Waals surface area contributed by atoms with E-state index in [1.807, 2.05) is 13.1 Å². The molecular weight excluding hydrogens is 480 g/mol. The number of carbonyl (C=O) groups is 1. The van der Waals surface area contributed by atoms with Gasteiger partial charge in [-0.15, -0.1) is 0 Å². The number of hydrogen-bond acceptors (Lipinski definition) is 8. The van der Waals surface area contributed by atoms with E-state index in [2.05, 4.69) is 20.2 Å². The van der Waals surface area contributed by atoms with Crippen LogP contribution in [0.1, 0.15) is 28.0 Å². The minimum absolute atomic E-state index is 0.00000578. The Bertz CT molecular complexity index is 1320. The van der Waals surface area contributed by atoms with Crippen molar-refractivity contribution in [3.63, 3.8) is 0 Å². The number of nitrogens with one attached hydrogen (secondary N) is 1. The fraction of sp³-hybridized carbons (Fsp3) is 0.370. The maximum Gasteiger partial charge on any atom is 0.168 e. The van der Waals surface area contributed by atoms with Gasteiger partial charge in [0.2, 0.25) is 0 Å². The fourth-order valence-electron chi connectivity index (χ4n) is 5.28. The van der Waals surface area contributed by atoms with E-state index in [1.54, 1.807) is 18.5 Å². The smallest absolute Gasteiger partial charge is 0.168 e. The number of rotatable bonds is 7. The number of nitrogens with zero attached hydrogens (tertiary/aromatic N) is 3. The molecule has 3 aromatic rings. The lowest BCUT2D eigenvalue weighted by atomic mass is 9.83. The number of pyridine rings is 2. The minimum atomic E-state index is -1.31.